The molecule has 0 bridgehead atoms. The van der Waals surface area contributed by atoms with Gasteiger partial charge in [-0.2, -0.15) is 0 Å². The third-order valence-corrected chi connectivity index (χ3v) is 7.91. The van der Waals surface area contributed by atoms with Crippen molar-refractivity contribution in [3.63, 3.8) is 0 Å². The normalized spacial score (nSPS) is 15.3. The van der Waals surface area contributed by atoms with E-state index >= 15 is 0 Å². The van der Waals surface area contributed by atoms with E-state index in [4.69, 9.17) is 5.73 Å². The summed E-state index contributed by atoms with van der Waals surface area (Å²) in [6, 6.07) is 20.6. The molecule has 1 saturated carbocycles. The maximum atomic E-state index is 14.1. The molecule has 2 fully saturated rings. The second-order valence-electron chi connectivity index (χ2n) is 10.4. The molecule has 1 saturated heterocycles. The van der Waals surface area contributed by atoms with Gasteiger partial charge in [-0.1, -0.05) is 43.0 Å². The summed E-state index contributed by atoms with van der Waals surface area (Å²) in [6.45, 7) is 4.23. The quantitative estimate of drug-likeness (QED) is 0.356. The minimum Gasteiger partial charge on any atom is -0.392 e. The van der Waals surface area contributed by atoms with Crippen LogP contribution in [0, 0.1) is 0 Å². The van der Waals surface area contributed by atoms with E-state index in [1.54, 1.807) is 27.7 Å². The van der Waals surface area contributed by atoms with Gasteiger partial charge in [-0.05, 0) is 77.2 Å². The molecule has 6 rings (SSSR count). The molecule has 3 aromatic carbocycles. The zero-order valence-corrected chi connectivity index (χ0v) is 21.5. The Labute approximate surface area is 225 Å². The SMILES string of the molecule is C=CC(=O)N1CC(c2cc3cc(C4CC4)ccc3c(=O)n2-c2cccc(-c3cccc(C(N)=O)c3)c2CO)C1. The molecule has 7 nitrogen and oxygen atoms in total. The van der Waals surface area contributed by atoms with Gasteiger partial charge >= 0.3 is 0 Å². The molecule has 2 amide bonds. The molecule has 2 heterocycles. The fourth-order valence-electron chi connectivity index (χ4n) is 5.61. The standard InChI is InChI=1S/C32H29N3O4/c1-2-30(37)34-16-24(17-34)29-15-23-13-20(19-9-10-19)11-12-26(23)32(39)35(29)28-8-4-7-25(27(28)18-36)21-5-3-6-22(14-21)31(33)38/h2-8,11-15,19,24,36H,1,9-10,16-18H2,(H2,33,38). The smallest absolute Gasteiger partial charge is 0.263 e. The van der Waals surface area contributed by atoms with E-state index in [0.717, 1.165) is 11.1 Å². The number of rotatable bonds is 7. The average Bonchev–Trinajstić information content (AvgIpc) is 3.77. The highest BCUT2D eigenvalue weighted by atomic mass is 16.3. The molecule has 3 N–H and O–H groups in total. The molecule has 0 radical (unpaired) electrons. The van der Waals surface area contributed by atoms with Crippen LogP contribution in [0.2, 0.25) is 0 Å². The van der Waals surface area contributed by atoms with Gasteiger partial charge in [0.15, 0.2) is 0 Å². The van der Waals surface area contributed by atoms with Crippen LogP contribution in [0.15, 0.2) is 84.2 Å². The van der Waals surface area contributed by atoms with Crippen LogP contribution >= 0.6 is 0 Å². The van der Waals surface area contributed by atoms with E-state index in [9.17, 15) is 19.5 Å². The van der Waals surface area contributed by atoms with Crippen molar-refractivity contribution in [3.8, 4) is 16.8 Å². The highest BCUT2D eigenvalue weighted by Gasteiger charge is 2.34. The Balaban J connectivity index is 1.55. The summed E-state index contributed by atoms with van der Waals surface area (Å²) < 4.78 is 1.69. The van der Waals surface area contributed by atoms with Crippen molar-refractivity contribution in [1.82, 2.24) is 9.47 Å². The Kier molecular flexibility index (Phi) is 6.16. The van der Waals surface area contributed by atoms with Gasteiger partial charge in [0.25, 0.3) is 5.56 Å². The minimum atomic E-state index is -0.541. The van der Waals surface area contributed by atoms with Gasteiger partial charge in [-0.3, -0.25) is 19.0 Å². The number of amides is 2. The molecule has 0 atom stereocenters. The number of carbonyl (C=O) groups excluding carboxylic acids is 2. The van der Waals surface area contributed by atoms with Crippen LogP contribution in [0.5, 0.6) is 0 Å². The molecular formula is C32H29N3O4. The summed E-state index contributed by atoms with van der Waals surface area (Å²) >= 11 is 0. The lowest BCUT2D eigenvalue weighted by molar-refractivity contribution is -0.130. The number of likely N-dealkylation sites (tertiary alicyclic amines) is 1. The second kappa shape index (κ2) is 9.67. The number of hydrogen-bond donors (Lipinski definition) is 2. The number of aromatic nitrogens is 1. The highest BCUT2D eigenvalue weighted by molar-refractivity contribution is 5.94. The topological polar surface area (TPSA) is 106 Å². The Bertz CT molecular complexity index is 1710. The number of fused-ring (bicyclic) bond motifs is 1. The van der Waals surface area contributed by atoms with E-state index in [1.807, 2.05) is 36.4 Å². The Morgan fingerprint density at radius 2 is 1.77 bits per heavy atom. The molecule has 0 unspecified atom stereocenters. The van der Waals surface area contributed by atoms with Crippen LogP contribution in [-0.2, 0) is 11.4 Å². The van der Waals surface area contributed by atoms with E-state index in [-0.39, 0.29) is 24.0 Å². The molecule has 1 aliphatic heterocycles. The zero-order chi connectivity index (χ0) is 27.3. The number of aliphatic hydroxyl groups excluding tert-OH is 1. The number of nitrogens with zero attached hydrogens (tertiary/aromatic N) is 2. The fraction of sp³-hybridized carbons (Fsp3) is 0.219. The van der Waals surface area contributed by atoms with Crippen molar-refractivity contribution < 1.29 is 14.7 Å². The van der Waals surface area contributed by atoms with Gasteiger partial charge in [-0.15, -0.1) is 0 Å². The first kappa shape index (κ1) is 24.8. The van der Waals surface area contributed by atoms with Crippen molar-refractivity contribution in [2.45, 2.75) is 31.3 Å². The molecule has 196 valence electrons. The van der Waals surface area contributed by atoms with Crippen LogP contribution in [0.3, 0.4) is 0 Å². The number of aliphatic hydroxyl groups is 1. The average molecular weight is 520 g/mol. The predicted molar refractivity (Wildman–Crippen MR) is 151 cm³/mol. The summed E-state index contributed by atoms with van der Waals surface area (Å²) in [7, 11) is 0. The number of hydrogen-bond acceptors (Lipinski definition) is 4. The largest absolute Gasteiger partial charge is 0.392 e. The second-order valence-corrected chi connectivity index (χ2v) is 10.4. The third kappa shape index (κ3) is 4.34. The lowest BCUT2D eigenvalue weighted by atomic mass is 9.91. The summed E-state index contributed by atoms with van der Waals surface area (Å²) in [6.07, 6.45) is 3.64. The number of nitrogens with two attached hydrogens (primary N) is 1. The monoisotopic (exact) mass is 519 g/mol. The highest BCUT2D eigenvalue weighted by Crippen LogP contribution is 2.41. The van der Waals surface area contributed by atoms with E-state index in [2.05, 4.69) is 18.7 Å². The number of carbonyl (C=O) groups is 2. The van der Waals surface area contributed by atoms with Crippen molar-refractivity contribution in [2.75, 3.05) is 13.1 Å². The number of benzene rings is 3. The molecule has 2 aliphatic rings. The van der Waals surface area contributed by atoms with Gasteiger partial charge in [0.05, 0.1) is 12.3 Å². The fourth-order valence-corrected chi connectivity index (χ4v) is 5.61. The predicted octanol–water partition coefficient (Wildman–Crippen LogP) is 4.24. The van der Waals surface area contributed by atoms with E-state index in [0.29, 0.717) is 52.3 Å². The van der Waals surface area contributed by atoms with Crippen LogP contribution in [0.4, 0.5) is 0 Å². The van der Waals surface area contributed by atoms with Gasteiger partial charge in [0, 0.05) is 41.2 Å². The Morgan fingerprint density at radius 1 is 1.00 bits per heavy atom. The molecule has 39 heavy (non-hydrogen) atoms. The maximum Gasteiger partial charge on any atom is 0.263 e. The molecular weight excluding hydrogens is 490 g/mol. The minimum absolute atomic E-state index is 0.0519. The molecule has 1 aromatic heterocycles. The first-order valence-corrected chi connectivity index (χ1v) is 13.1. The summed E-state index contributed by atoms with van der Waals surface area (Å²) in [5.41, 5.74) is 10.3. The van der Waals surface area contributed by atoms with Crippen LogP contribution in [0.1, 0.15) is 51.9 Å². The van der Waals surface area contributed by atoms with Crippen LogP contribution in [0.25, 0.3) is 27.6 Å². The molecule has 1 aliphatic carbocycles. The van der Waals surface area contributed by atoms with Crippen molar-refractivity contribution in [2.24, 2.45) is 5.73 Å². The van der Waals surface area contributed by atoms with Gasteiger partial charge in [0.2, 0.25) is 11.8 Å². The Hall–Kier alpha value is -4.49. The molecule has 4 aromatic rings. The van der Waals surface area contributed by atoms with Crippen molar-refractivity contribution >= 4 is 22.6 Å². The van der Waals surface area contributed by atoms with Crippen LogP contribution < -0.4 is 11.3 Å². The van der Waals surface area contributed by atoms with Gasteiger partial charge in [0.1, 0.15) is 0 Å². The lowest BCUT2D eigenvalue weighted by Crippen LogP contribution is -2.49. The van der Waals surface area contributed by atoms with Crippen molar-refractivity contribution in [1.29, 1.82) is 0 Å². The van der Waals surface area contributed by atoms with Gasteiger partial charge < -0.3 is 15.7 Å². The number of pyridine rings is 1. The molecule has 7 heteroatoms. The van der Waals surface area contributed by atoms with Crippen molar-refractivity contribution in [3.05, 3.63) is 112 Å². The zero-order valence-electron chi connectivity index (χ0n) is 21.5. The van der Waals surface area contributed by atoms with E-state index < -0.39 is 5.91 Å². The maximum absolute atomic E-state index is 14.1. The third-order valence-electron chi connectivity index (χ3n) is 7.91. The summed E-state index contributed by atoms with van der Waals surface area (Å²) in [4.78, 5) is 39.8. The first-order chi connectivity index (χ1) is 18.9. The lowest BCUT2D eigenvalue weighted by Gasteiger charge is -2.40. The summed E-state index contributed by atoms with van der Waals surface area (Å²) in [5.74, 6) is -0.174. The van der Waals surface area contributed by atoms with E-state index in [1.165, 1.54) is 24.5 Å². The number of primary amides is 1. The summed E-state index contributed by atoms with van der Waals surface area (Å²) in [5, 5.41) is 12.1. The first-order valence-electron chi connectivity index (χ1n) is 13.1. The molecule has 0 spiro atoms. The Morgan fingerprint density at radius 3 is 2.46 bits per heavy atom. The van der Waals surface area contributed by atoms with Crippen LogP contribution in [-0.4, -0.2) is 39.5 Å². The van der Waals surface area contributed by atoms with Gasteiger partial charge in [-0.25, -0.2) is 0 Å².